The van der Waals surface area contributed by atoms with Crippen molar-refractivity contribution in [2.75, 3.05) is 42.7 Å². The summed E-state index contributed by atoms with van der Waals surface area (Å²) < 4.78 is 222. The molecule has 0 aromatic rings. The van der Waals surface area contributed by atoms with Gasteiger partial charge in [-0.05, 0) is 225 Å². The van der Waals surface area contributed by atoms with E-state index in [-0.39, 0.29) is 71.0 Å². The highest BCUT2D eigenvalue weighted by Gasteiger charge is 2.55. The minimum absolute atomic E-state index is 0.166. The third kappa shape index (κ3) is 46.1. The molecule has 4 atom stereocenters. The molecule has 4 unspecified atom stereocenters. The molecule has 0 aliphatic heterocycles. The van der Waals surface area contributed by atoms with Crippen LogP contribution in [-0.4, -0.2) is 147 Å². The van der Waals surface area contributed by atoms with E-state index in [9.17, 15) is 81.5 Å². The summed E-state index contributed by atoms with van der Waals surface area (Å²) >= 11 is -2.46. The van der Waals surface area contributed by atoms with Crippen LogP contribution in [0.5, 0.6) is 0 Å². The van der Waals surface area contributed by atoms with Crippen LogP contribution in [0.1, 0.15) is 372 Å². The Labute approximate surface area is 852 Å². The number of carbonyl (C=O) groups is 6. The molecule has 0 aromatic heterocycles. The number of halogens is 12. The summed E-state index contributed by atoms with van der Waals surface area (Å²) in [5.74, 6) is -7.14. The molecule has 30 nitrogen and oxygen atoms in total. The molecule has 0 spiro atoms. The van der Waals surface area contributed by atoms with Gasteiger partial charge in [0.25, 0.3) is 0 Å². The molecule has 0 aromatic carbocycles. The quantitative estimate of drug-likeness (QED) is 0.00798. The van der Waals surface area contributed by atoms with Crippen LogP contribution in [0, 0.1) is 71.0 Å². The van der Waals surface area contributed by atoms with Gasteiger partial charge in [0.2, 0.25) is 0 Å². The van der Waals surface area contributed by atoms with E-state index < -0.39 is 176 Å². The van der Waals surface area contributed by atoms with Crippen LogP contribution in [0.4, 0.5) is 52.7 Å². The maximum atomic E-state index is 14.0. The molecule has 0 saturated heterocycles. The zero-order valence-corrected chi connectivity index (χ0v) is 87.5. The first-order chi connectivity index (χ1) is 68.3. The smallest absolute Gasteiger partial charge is 0.415 e. The third-order valence-corrected chi connectivity index (χ3v) is 32.2. The van der Waals surface area contributed by atoms with Crippen LogP contribution in [0.25, 0.3) is 0 Å². The van der Waals surface area contributed by atoms with E-state index in [0.29, 0.717) is 0 Å². The number of esters is 6. The molecular formula is C94H152F12O30S6. The van der Waals surface area contributed by atoms with E-state index in [1.807, 2.05) is 0 Å². The standard InChI is InChI=1S/C18H30F2O5S.C17H28F2O5S.C16H26F2O5S.C15H24F2O5S.2C14H22F2O5S/c1-22-24-25-26-18(19,20)17(21)23-16(15-12-8-5-9-13-15)14-10-6-3-2-4-7-11-14;1-21-23-24-25-17(18,19)16(20)22-15(14-11-7-4-8-12-14)13-9-5-2-3-6-10-13;1-20-22-23-24-16(17,18)15(19)21-14(12-8-4-2-5-9-12)13-10-6-3-7-11-13;1-19-21-22-23-15(16,17)14(18)20-13(12-9-5-6-10-12)11-7-3-2-4-8-11;1-18-20-21-22-14(15,16)13(17)19-12(10-6-2-3-7-10)11-8-4-5-9-11;1-18-20-21-22-14(15,16)13(17)19-12(11-8-5-9-11)10-6-3-2-4-7-10/h14-16H,2-13H2,1H3;13-15H,2-12H2,1H3;12-14H,2-11H2,1H3;11-13H,2-10H2,1H3;2*10-12H,2-9H2,1H3. The average molecular weight is 2180 g/mol. The molecule has 0 N–H and O–H groups in total. The Morgan fingerprint density at radius 2 is 0.261 bits per heavy atom. The highest BCUT2D eigenvalue weighted by molar-refractivity contribution is 7.97. The number of rotatable bonds is 48. The Bertz CT molecular complexity index is 3350. The number of ether oxygens (including phenoxy) is 6. The molecule has 12 rings (SSSR count). The normalized spacial score (nSPS) is 21.9. The summed E-state index contributed by atoms with van der Waals surface area (Å²) in [6.07, 6.45) is 57.5. The fourth-order valence-corrected chi connectivity index (χ4v) is 23.9. The summed E-state index contributed by atoms with van der Waals surface area (Å²) in [6.45, 7) is 0. The van der Waals surface area contributed by atoms with Crippen molar-refractivity contribution in [3.63, 3.8) is 0 Å². The fraction of sp³-hybridized carbons (Fsp3) is 0.936. The van der Waals surface area contributed by atoms with Crippen molar-refractivity contribution in [3.8, 4) is 0 Å². The van der Waals surface area contributed by atoms with Crippen molar-refractivity contribution in [2.24, 2.45) is 71.0 Å². The van der Waals surface area contributed by atoms with Crippen molar-refractivity contribution in [3.05, 3.63) is 0 Å². The third-order valence-electron chi connectivity index (χ3n) is 29.2. The van der Waals surface area contributed by atoms with E-state index in [0.717, 1.165) is 409 Å². The predicted octanol–water partition coefficient (Wildman–Crippen LogP) is 28.1. The first kappa shape index (κ1) is 126. The van der Waals surface area contributed by atoms with Gasteiger partial charge < -0.3 is 28.4 Å². The van der Waals surface area contributed by atoms with Crippen LogP contribution >= 0.6 is 72.3 Å². The lowest BCUT2D eigenvalue weighted by Gasteiger charge is -2.39. The fourth-order valence-electron chi connectivity index (χ4n) is 22.2. The van der Waals surface area contributed by atoms with Crippen LogP contribution < -0.4 is 0 Å². The lowest BCUT2D eigenvalue weighted by molar-refractivity contribution is -0.448. The van der Waals surface area contributed by atoms with Crippen LogP contribution in [0.3, 0.4) is 0 Å². The minimum atomic E-state index is -3.84. The van der Waals surface area contributed by atoms with Crippen molar-refractivity contribution in [1.82, 2.24) is 0 Å². The highest BCUT2D eigenvalue weighted by Crippen LogP contribution is 2.50. The first-order valence-electron chi connectivity index (χ1n) is 51.1. The number of hydrogen-bond donors (Lipinski definition) is 0. The van der Waals surface area contributed by atoms with Gasteiger partial charge in [-0.1, -0.05) is 249 Å². The van der Waals surface area contributed by atoms with Gasteiger partial charge in [0.15, 0.2) is 0 Å². The van der Waals surface area contributed by atoms with Crippen molar-refractivity contribution >= 4 is 108 Å². The molecule has 0 bridgehead atoms. The second-order valence-corrected chi connectivity index (χ2v) is 43.6. The maximum Gasteiger partial charge on any atom is 0.415 e. The van der Waals surface area contributed by atoms with Crippen LogP contribution in [-0.2, 0) is 143 Å². The van der Waals surface area contributed by atoms with E-state index in [2.05, 4.69) is 85.6 Å². The van der Waals surface area contributed by atoms with Crippen molar-refractivity contribution in [1.29, 1.82) is 0 Å². The van der Waals surface area contributed by atoms with Crippen LogP contribution in [0.2, 0.25) is 0 Å². The minimum Gasteiger partial charge on any atom is -0.457 e. The summed E-state index contributed by atoms with van der Waals surface area (Å²) in [6, 6.07) is 0. The second kappa shape index (κ2) is 69.8. The maximum absolute atomic E-state index is 14.0. The molecule has 142 heavy (non-hydrogen) atoms. The predicted molar refractivity (Wildman–Crippen MR) is 499 cm³/mol. The van der Waals surface area contributed by atoms with E-state index in [1.165, 1.54) is 6.42 Å². The Kier molecular flexibility index (Phi) is 62.1. The lowest BCUT2D eigenvalue weighted by Crippen LogP contribution is -2.42. The molecule has 12 fully saturated rings. The van der Waals surface area contributed by atoms with Gasteiger partial charge in [-0.25, -0.2) is 58.1 Å². The molecule has 12 saturated carbocycles. The van der Waals surface area contributed by atoms with Gasteiger partial charge in [-0.3, -0.25) is 0 Å². The SMILES string of the molecule is COOOSC(F)(F)C(=O)OC(C1CCCC1)C1CCCC1.COOOSC(F)(F)C(=O)OC(C1CCCCC1)C1CCC1.COOOSC(F)(F)C(=O)OC(C1CCCCC1)C1CCCC1.COOOSC(F)(F)C(=O)OC(C1CCCCC1)C1CCCCC1.COOOSC(F)(F)C(=O)OC(C1CCCCCC1)C1CCCCC1.COOOSC(F)(F)C(=O)OC(C1CCCCCCC1)C1CCCCC1. The summed E-state index contributed by atoms with van der Waals surface area (Å²) in [5, 5.41) is 0.565. The van der Waals surface area contributed by atoms with Gasteiger partial charge in [0.05, 0.1) is 42.7 Å². The van der Waals surface area contributed by atoms with E-state index in [4.69, 9.17) is 28.4 Å². The zero-order valence-electron chi connectivity index (χ0n) is 82.6. The molecule has 12 aliphatic carbocycles. The van der Waals surface area contributed by atoms with Crippen LogP contribution in [0.15, 0.2) is 0 Å². The molecule has 828 valence electrons. The number of hydrogen-bond acceptors (Lipinski definition) is 36. The van der Waals surface area contributed by atoms with Gasteiger partial charge >= 0.3 is 67.3 Å². The Morgan fingerprint density at radius 1 is 0.169 bits per heavy atom. The second-order valence-electron chi connectivity index (χ2n) is 38.7. The summed E-state index contributed by atoms with van der Waals surface area (Å²) in [5.41, 5.74) is 0. The lowest BCUT2D eigenvalue weighted by atomic mass is 9.72. The highest BCUT2D eigenvalue weighted by atomic mass is 32.2. The number of alkyl halides is 12. The summed E-state index contributed by atoms with van der Waals surface area (Å²) in [4.78, 5) is 96.0. The monoisotopic (exact) mass is 2180 g/mol. The average Bonchev–Trinajstić information content (AvgIpc) is 1.77. The Morgan fingerprint density at radius 3 is 0.359 bits per heavy atom. The molecule has 12 aliphatic rings. The topological polar surface area (TPSA) is 324 Å². The van der Waals surface area contributed by atoms with Gasteiger partial charge in [-0.15, -0.1) is 26.0 Å². The zero-order chi connectivity index (χ0) is 103. The molecule has 48 heteroatoms. The molecule has 0 heterocycles. The molecule has 0 radical (unpaired) electrons. The van der Waals surface area contributed by atoms with E-state index in [1.54, 1.807) is 0 Å². The largest absolute Gasteiger partial charge is 0.457 e. The Balaban J connectivity index is 0.000000232. The first-order valence-corrected chi connectivity index (χ1v) is 55.6. The Hall–Kier alpha value is -2.64. The summed E-state index contributed by atoms with van der Waals surface area (Å²) in [7, 11) is 6.66. The van der Waals surface area contributed by atoms with Crippen molar-refractivity contribution < 1.29 is 195 Å². The number of carbonyl (C=O) groups excluding carboxylic acids is 6. The van der Waals surface area contributed by atoms with Crippen molar-refractivity contribution in [2.45, 2.75) is 441 Å². The van der Waals surface area contributed by atoms with Gasteiger partial charge in [0, 0.05) is 0 Å². The van der Waals surface area contributed by atoms with Gasteiger partial charge in [0.1, 0.15) is 109 Å². The van der Waals surface area contributed by atoms with Gasteiger partial charge in [-0.2, -0.15) is 52.7 Å². The molecular weight excluding hydrogens is 2030 g/mol. The molecule has 0 amide bonds. The van der Waals surface area contributed by atoms with E-state index >= 15 is 0 Å².